The van der Waals surface area contributed by atoms with Gasteiger partial charge in [0.15, 0.2) is 0 Å². The Bertz CT molecular complexity index is 745. The van der Waals surface area contributed by atoms with E-state index in [1.54, 1.807) is 6.20 Å². The maximum Gasteiger partial charge on any atom is 0.281 e. The predicted octanol–water partition coefficient (Wildman–Crippen LogP) is 4.47. The van der Waals surface area contributed by atoms with Gasteiger partial charge in [-0.1, -0.05) is 29.9 Å². The topological polar surface area (TPSA) is 38.2 Å². The van der Waals surface area contributed by atoms with E-state index in [4.69, 9.17) is 4.74 Å². The van der Waals surface area contributed by atoms with Gasteiger partial charge in [0, 0.05) is 12.7 Å². The molecule has 1 aliphatic heterocycles. The molecule has 0 spiro atoms. The van der Waals surface area contributed by atoms with Crippen molar-refractivity contribution in [1.29, 1.82) is 0 Å². The fourth-order valence-corrected chi connectivity index (χ4v) is 3.71. The zero-order valence-corrected chi connectivity index (χ0v) is 13.8. The van der Waals surface area contributed by atoms with Crippen LogP contribution in [0, 0.1) is 0 Å². The number of aromatic nitrogens is 2. The maximum absolute atomic E-state index is 5.86. The zero-order chi connectivity index (χ0) is 15.5. The van der Waals surface area contributed by atoms with Crippen molar-refractivity contribution in [2.75, 3.05) is 13.1 Å². The van der Waals surface area contributed by atoms with Crippen molar-refractivity contribution < 1.29 is 4.74 Å². The van der Waals surface area contributed by atoms with Crippen molar-refractivity contribution in [3.63, 3.8) is 0 Å². The van der Waals surface area contributed by atoms with E-state index in [9.17, 15) is 0 Å². The Kier molecular flexibility index (Phi) is 4.22. The number of pyridine rings is 1. The lowest BCUT2D eigenvalue weighted by molar-refractivity contribution is 0.221. The Morgan fingerprint density at radius 3 is 2.65 bits per heavy atom. The maximum atomic E-state index is 5.86. The highest BCUT2D eigenvalue weighted by Crippen LogP contribution is 2.30. The summed E-state index contributed by atoms with van der Waals surface area (Å²) in [4.78, 5) is 12.2. The van der Waals surface area contributed by atoms with E-state index < -0.39 is 0 Å². The van der Waals surface area contributed by atoms with E-state index in [-0.39, 0.29) is 0 Å². The van der Waals surface area contributed by atoms with Crippen LogP contribution in [-0.4, -0.2) is 28.0 Å². The molecule has 3 aromatic rings. The SMILES string of the molecule is c1cnc2sc(Oc3ccc(CN4CCCCC4)cc3)nc2c1. The van der Waals surface area contributed by atoms with Crippen LogP contribution in [0.2, 0.25) is 0 Å². The average molecular weight is 325 g/mol. The van der Waals surface area contributed by atoms with Crippen LogP contribution >= 0.6 is 11.3 Å². The number of hydrogen-bond donors (Lipinski definition) is 0. The Morgan fingerprint density at radius 1 is 1.04 bits per heavy atom. The van der Waals surface area contributed by atoms with Crippen molar-refractivity contribution in [1.82, 2.24) is 14.9 Å². The summed E-state index contributed by atoms with van der Waals surface area (Å²) in [6.45, 7) is 3.47. The highest BCUT2D eigenvalue weighted by molar-refractivity contribution is 7.19. The largest absolute Gasteiger partial charge is 0.431 e. The molecule has 0 atom stereocenters. The van der Waals surface area contributed by atoms with Crippen LogP contribution in [0.4, 0.5) is 0 Å². The summed E-state index contributed by atoms with van der Waals surface area (Å²) in [5, 5.41) is 0.641. The molecule has 1 aliphatic rings. The number of rotatable bonds is 4. The minimum Gasteiger partial charge on any atom is -0.431 e. The summed E-state index contributed by atoms with van der Waals surface area (Å²) in [5.41, 5.74) is 2.22. The van der Waals surface area contributed by atoms with Crippen LogP contribution in [0.3, 0.4) is 0 Å². The first-order valence-electron chi connectivity index (χ1n) is 8.07. The molecule has 1 saturated heterocycles. The quantitative estimate of drug-likeness (QED) is 0.709. The number of benzene rings is 1. The molecule has 0 unspecified atom stereocenters. The first-order chi connectivity index (χ1) is 11.4. The molecule has 0 bridgehead atoms. The zero-order valence-electron chi connectivity index (χ0n) is 12.9. The number of ether oxygens (including phenoxy) is 1. The van der Waals surface area contributed by atoms with Crippen molar-refractivity contribution in [2.45, 2.75) is 25.8 Å². The van der Waals surface area contributed by atoms with E-state index in [0.29, 0.717) is 5.19 Å². The first-order valence-corrected chi connectivity index (χ1v) is 8.89. The molecule has 0 N–H and O–H groups in total. The second-order valence-electron chi connectivity index (χ2n) is 5.89. The van der Waals surface area contributed by atoms with E-state index in [0.717, 1.165) is 22.6 Å². The minimum absolute atomic E-state index is 0.641. The van der Waals surface area contributed by atoms with Gasteiger partial charge in [-0.25, -0.2) is 9.97 Å². The fraction of sp³-hybridized carbons (Fsp3) is 0.333. The molecule has 23 heavy (non-hydrogen) atoms. The van der Waals surface area contributed by atoms with Crippen molar-refractivity contribution in [2.24, 2.45) is 0 Å². The second kappa shape index (κ2) is 6.64. The van der Waals surface area contributed by atoms with Gasteiger partial charge in [-0.3, -0.25) is 4.90 Å². The van der Waals surface area contributed by atoms with E-state index in [2.05, 4.69) is 27.0 Å². The van der Waals surface area contributed by atoms with Crippen LogP contribution < -0.4 is 4.74 Å². The first kappa shape index (κ1) is 14.6. The summed E-state index contributed by atoms with van der Waals surface area (Å²) >= 11 is 1.47. The third-order valence-corrected chi connectivity index (χ3v) is 4.99. The van der Waals surface area contributed by atoms with Gasteiger partial charge in [0.05, 0.1) is 0 Å². The molecular formula is C18H19N3OS. The van der Waals surface area contributed by atoms with Gasteiger partial charge in [-0.2, -0.15) is 0 Å². The van der Waals surface area contributed by atoms with Gasteiger partial charge in [-0.05, 0) is 55.8 Å². The van der Waals surface area contributed by atoms with Gasteiger partial charge in [-0.15, -0.1) is 0 Å². The minimum atomic E-state index is 0.641. The molecule has 0 amide bonds. The van der Waals surface area contributed by atoms with Crippen LogP contribution in [0.1, 0.15) is 24.8 Å². The van der Waals surface area contributed by atoms with E-state index in [1.165, 1.54) is 49.3 Å². The molecule has 118 valence electrons. The fourth-order valence-electron chi connectivity index (χ4n) is 2.93. The Labute approximate surface area is 139 Å². The number of likely N-dealkylation sites (tertiary alicyclic amines) is 1. The standard InChI is InChI=1S/C18H19N3OS/c1-2-11-21(12-3-1)13-14-6-8-15(9-7-14)22-18-20-16-5-4-10-19-17(16)23-18/h4-10H,1-3,11-13H2. The molecule has 3 heterocycles. The molecule has 4 rings (SSSR count). The number of thiazole rings is 1. The number of nitrogens with zero attached hydrogens (tertiary/aromatic N) is 3. The molecule has 2 aromatic heterocycles. The summed E-state index contributed by atoms with van der Waals surface area (Å²) in [6, 6.07) is 12.2. The Balaban J connectivity index is 1.43. The summed E-state index contributed by atoms with van der Waals surface area (Å²) in [6.07, 6.45) is 5.81. The summed E-state index contributed by atoms with van der Waals surface area (Å²) in [7, 11) is 0. The van der Waals surface area contributed by atoms with Gasteiger partial charge in [0.2, 0.25) is 0 Å². The lowest BCUT2D eigenvalue weighted by atomic mass is 10.1. The van der Waals surface area contributed by atoms with Crippen LogP contribution in [-0.2, 0) is 6.54 Å². The van der Waals surface area contributed by atoms with Gasteiger partial charge >= 0.3 is 0 Å². The highest BCUT2D eigenvalue weighted by Gasteiger charge is 2.11. The van der Waals surface area contributed by atoms with Crippen LogP contribution in [0.25, 0.3) is 10.3 Å². The molecule has 0 radical (unpaired) electrons. The molecule has 5 heteroatoms. The molecular weight excluding hydrogens is 306 g/mol. The number of hydrogen-bond acceptors (Lipinski definition) is 5. The van der Waals surface area contributed by atoms with E-state index >= 15 is 0 Å². The van der Waals surface area contributed by atoms with Gasteiger partial charge < -0.3 is 4.74 Å². The van der Waals surface area contributed by atoms with Crippen LogP contribution in [0.5, 0.6) is 10.9 Å². The second-order valence-corrected chi connectivity index (χ2v) is 6.83. The molecule has 0 saturated carbocycles. The molecule has 1 fully saturated rings. The lowest BCUT2D eigenvalue weighted by Gasteiger charge is -2.26. The van der Waals surface area contributed by atoms with Crippen molar-refractivity contribution in [3.05, 3.63) is 48.2 Å². The highest BCUT2D eigenvalue weighted by atomic mass is 32.1. The summed E-state index contributed by atoms with van der Waals surface area (Å²) in [5.74, 6) is 0.825. The monoisotopic (exact) mass is 325 g/mol. The Hall–Kier alpha value is -1.98. The van der Waals surface area contributed by atoms with Crippen molar-refractivity contribution >= 4 is 21.7 Å². The summed E-state index contributed by atoms with van der Waals surface area (Å²) < 4.78 is 5.86. The van der Waals surface area contributed by atoms with Gasteiger partial charge in [0.25, 0.3) is 5.19 Å². The molecule has 1 aromatic carbocycles. The lowest BCUT2D eigenvalue weighted by Crippen LogP contribution is -2.28. The average Bonchev–Trinajstić information content (AvgIpc) is 3.00. The third kappa shape index (κ3) is 3.51. The normalized spacial score (nSPS) is 15.8. The van der Waals surface area contributed by atoms with Crippen molar-refractivity contribution in [3.8, 4) is 10.9 Å². The van der Waals surface area contributed by atoms with E-state index in [1.807, 2.05) is 24.3 Å². The smallest absolute Gasteiger partial charge is 0.281 e. The number of fused-ring (bicyclic) bond motifs is 1. The molecule has 4 nitrogen and oxygen atoms in total. The number of piperidine rings is 1. The van der Waals surface area contributed by atoms with Gasteiger partial charge in [0.1, 0.15) is 16.1 Å². The third-order valence-electron chi connectivity index (χ3n) is 4.13. The Morgan fingerprint density at radius 2 is 1.87 bits per heavy atom. The predicted molar refractivity (Wildman–Crippen MR) is 93.1 cm³/mol. The van der Waals surface area contributed by atoms with Crippen LogP contribution in [0.15, 0.2) is 42.6 Å². The molecule has 0 aliphatic carbocycles.